The maximum Gasteiger partial charge on any atom is 0.338 e. The van der Waals surface area contributed by atoms with Crippen LogP contribution in [0, 0.1) is 6.92 Å². The zero-order valence-electron chi connectivity index (χ0n) is 15.9. The molecule has 2 aromatic rings. The van der Waals surface area contributed by atoms with Crippen molar-refractivity contribution in [2.75, 3.05) is 13.2 Å². The van der Waals surface area contributed by atoms with Crippen LogP contribution in [0.5, 0.6) is 0 Å². The van der Waals surface area contributed by atoms with Crippen LogP contribution in [0.1, 0.15) is 33.2 Å². The predicted octanol–water partition coefficient (Wildman–Crippen LogP) is 0.911. The van der Waals surface area contributed by atoms with Gasteiger partial charge in [-0.25, -0.2) is 17.9 Å². The zero-order chi connectivity index (χ0) is 21.4. The largest absolute Gasteiger partial charge is 0.452 e. The van der Waals surface area contributed by atoms with E-state index in [1.54, 1.807) is 44.2 Å². The molecule has 154 valence electrons. The molecule has 10 heteroatoms. The summed E-state index contributed by atoms with van der Waals surface area (Å²) < 4.78 is 31.4. The lowest BCUT2D eigenvalue weighted by Gasteiger charge is -2.11. The maximum absolute atomic E-state index is 12.3. The molecule has 0 spiro atoms. The number of carbonyl (C=O) groups is 3. The van der Waals surface area contributed by atoms with Crippen LogP contribution in [-0.2, 0) is 19.6 Å². The van der Waals surface area contributed by atoms with Gasteiger partial charge in [0.2, 0.25) is 10.0 Å². The van der Waals surface area contributed by atoms with Gasteiger partial charge in [0.15, 0.2) is 6.61 Å². The molecule has 2 aromatic carbocycles. The Balaban J connectivity index is 1.95. The molecule has 0 aliphatic heterocycles. The lowest BCUT2D eigenvalue weighted by Crippen LogP contribution is -2.43. The fraction of sp³-hybridized carbons (Fsp3) is 0.211. The van der Waals surface area contributed by atoms with Crippen molar-refractivity contribution in [3.05, 3.63) is 65.2 Å². The van der Waals surface area contributed by atoms with Gasteiger partial charge in [-0.15, -0.1) is 0 Å². The topological polar surface area (TPSA) is 131 Å². The summed E-state index contributed by atoms with van der Waals surface area (Å²) in [7, 11) is -3.74. The minimum atomic E-state index is -3.74. The average Bonchev–Trinajstić information content (AvgIpc) is 2.71. The Bertz CT molecular complexity index is 1010. The molecule has 0 heterocycles. The maximum atomic E-state index is 12.3. The highest BCUT2D eigenvalue weighted by Crippen LogP contribution is 2.16. The Morgan fingerprint density at radius 1 is 1.00 bits per heavy atom. The molecule has 29 heavy (non-hydrogen) atoms. The summed E-state index contributed by atoms with van der Waals surface area (Å²) in [5.41, 5.74) is 5.19. The monoisotopic (exact) mass is 419 g/mol. The van der Waals surface area contributed by atoms with Crippen LogP contribution >= 0.6 is 0 Å². The quantitative estimate of drug-likeness (QED) is 0.452. The minimum Gasteiger partial charge on any atom is -0.452 e. The summed E-state index contributed by atoms with van der Waals surface area (Å²) in [6.07, 6.45) is 0. The number of hydrogen-bond acceptors (Lipinski definition) is 6. The number of aryl methyl sites for hydroxylation is 1. The van der Waals surface area contributed by atoms with E-state index in [0.29, 0.717) is 11.1 Å². The molecule has 0 saturated carbocycles. The Morgan fingerprint density at radius 3 is 2.34 bits per heavy atom. The molecule has 9 nitrogen and oxygen atoms in total. The Labute approximate surface area is 168 Å². The first-order chi connectivity index (χ1) is 13.7. The van der Waals surface area contributed by atoms with Crippen molar-refractivity contribution >= 4 is 27.8 Å². The minimum absolute atomic E-state index is 0.0186. The van der Waals surface area contributed by atoms with Crippen LogP contribution < -0.4 is 15.6 Å². The van der Waals surface area contributed by atoms with Crippen molar-refractivity contribution in [3.8, 4) is 0 Å². The number of ether oxygens (including phenoxy) is 1. The number of amides is 2. The van der Waals surface area contributed by atoms with Crippen molar-refractivity contribution < 1.29 is 27.5 Å². The number of carbonyl (C=O) groups excluding carboxylic acids is 3. The molecule has 0 aliphatic rings. The van der Waals surface area contributed by atoms with Crippen molar-refractivity contribution in [1.29, 1.82) is 0 Å². The summed E-state index contributed by atoms with van der Waals surface area (Å²) in [6.45, 7) is 2.79. The van der Waals surface area contributed by atoms with Crippen LogP contribution in [0.4, 0.5) is 0 Å². The molecular formula is C19H21N3O6S. The van der Waals surface area contributed by atoms with E-state index < -0.39 is 34.4 Å². The van der Waals surface area contributed by atoms with Crippen LogP contribution in [0.15, 0.2) is 53.4 Å². The average molecular weight is 419 g/mol. The smallest absolute Gasteiger partial charge is 0.338 e. The van der Waals surface area contributed by atoms with Crippen molar-refractivity contribution in [2.24, 2.45) is 0 Å². The van der Waals surface area contributed by atoms with E-state index in [4.69, 9.17) is 4.74 Å². The van der Waals surface area contributed by atoms with E-state index in [1.165, 1.54) is 18.2 Å². The van der Waals surface area contributed by atoms with E-state index in [0.717, 1.165) is 0 Å². The number of rotatable bonds is 7. The molecule has 0 radical (unpaired) electrons. The number of hydrazine groups is 1. The standard InChI is InChI=1S/C19H21N3O6S/c1-3-20-29(26,27)15-10-9-13(2)16(11-15)19(25)28-12-17(23)21-22-18(24)14-7-5-4-6-8-14/h4-11,20H,3,12H2,1-2H3,(H,21,23)(H,22,24). The van der Waals surface area contributed by atoms with Gasteiger partial charge in [0.05, 0.1) is 10.5 Å². The molecule has 3 N–H and O–H groups in total. The Hall–Kier alpha value is -3.24. The molecule has 0 aromatic heterocycles. The first-order valence-electron chi connectivity index (χ1n) is 8.66. The number of esters is 1. The molecular weight excluding hydrogens is 398 g/mol. The normalized spacial score (nSPS) is 10.8. The Kier molecular flexibility index (Phi) is 7.46. The van der Waals surface area contributed by atoms with E-state index in [9.17, 15) is 22.8 Å². The summed E-state index contributed by atoms with van der Waals surface area (Å²) in [5.74, 6) is -2.14. The van der Waals surface area contributed by atoms with Crippen LogP contribution in [-0.4, -0.2) is 39.4 Å². The highest BCUT2D eigenvalue weighted by Gasteiger charge is 2.19. The third kappa shape index (κ3) is 6.13. The second-order valence-electron chi connectivity index (χ2n) is 5.92. The SMILES string of the molecule is CCNS(=O)(=O)c1ccc(C)c(C(=O)OCC(=O)NNC(=O)c2ccccc2)c1. The first-order valence-corrected chi connectivity index (χ1v) is 10.1. The molecule has 2 rings (SSSR count). The van der Waals surface area contributed by atoms with E-state index in [-0.39, 0.29) is 17.0 Å². The van der Waals surface area contributed by atoms with E-state index >= 15 is 0 Å². The Morgan fingerprint density at radius 2 is 1.69 bits per heavy atom. The van der Waals surface area contributed by atoms with Gasteiger partial charge >= 0.3 is 5.97 Å². The van der Waals surface area contributed by atoms with Gasteiger partial charge in [0.1, 0.15) is 0 Å². The molecule has 0 aliphatic carbocycles. The lowest BCUT2D eigenvalue weighted by molar-refractivity contribution is -0.125. The second-order valence-corrected chi connectivity index (χ2v) is 7.69. The van der Waals surface area contributed by atoms with Gasteiger partial charge in [0.25, 0.3) is 11.8 Å². The molecule has 0 saturated heterocycles. The highest BCUT2D eigenvalue weighted by atomic mass is 32.2. The summed E-state index contributed by atoms with van der Waals surface area (Å²) in [6, 6.07) is 12.3. The molecule has 2 amide bonds. The first kappa shape index (κ1) is 22.1. The van der Waals surface area contributed by atoms with E-state index in [1.807, 2.05) is 0 Å². The van der Waals surface area contributed by atoms with Gasteiger partial charge in [0, 0.05) is 12.1 Å². The lowest BCUT2D eigenvalue weighted by atomic mass is 10.1. The van der Waals surface area contributed by atoms with Crippen LogP contribution in [0.25, 0.3) is 0 Å². The van der Waals surface area contributed by atoms with Gasteiger partial charge in [-0.1, -0.05) is 31.2 Å². The van der Waals surface area contributed by atoms with Crippen molar-refractivity contribution in [1.82, 2.24) is 15.6 Å². The molecule has 0 atom stereocenters. The highest BCUT2D eigenvalue weighted by molar-refractivity contribution is 7.89. The van der Waals surface area contributed by atoms with Gasteiger partial charge in [-0.3, -0.25) is 20.4 Å². The molecule has 0 bridgehead atoms. The molecule has 0 fully saturated rings. The number of benzene rings is 2. The summed E-state index contributed by atoms with van der Waals surface area (Å²) in [5, 5.41) is 0. The molecule has 0 unspecified atom stereocenters. The van der Waals surface area contributed by atoms with Crippen LogP contribution in [0.3, 0.4) is 0 Å². The number of sulfonamides is 1. The van der Waals surface area contributed by atoms with Crippen LogP contribution in [0.2, 0.25) is 0 Å². The van der Waals surface area contributed by atoms with Gasteiger partial charge < -0.3 is 4.74 Å². The third-order valence-corrected chi connectivity index (χ3v) is 5.30. The number of hydrogen-bond donors (Lipinski definition) is 3. The van der Waals surface area contributed by atoms with E-state index in [2.05, 4.69) is 15.6 Å². The fourth-order valence-electron chi connectivity index (χ4n) is 2.29. The second kappa shape index (κ2) is 9.80. The van der Waals surface area contributed by atoms with Crippen molar-refractivity contribution in [2.45, 2.75) is 18.7 Å². The van der Waals surface area contributed by atoms with Gasteiger partial charge in [-0.2, -0.15) is 0 Å². The van der Waals surface area contributed by atoms with Gasteiger partial charge in [-0.05, 0) is 36.8 Å². The number of nitrogens with one attached hydrogen (secondary N) is 3. The predicted molar refractivity (Wildman–Crippen MR) is 104 cm³/mol. The van der Waals surface area contributed by atoms with Crippen molar-refractivity contribution in [3.63, 3.8) is 0 Å². The fourth-order valence-corrected chi connectivity index (χ4v) is 3.36. The summed E-state index contributed by atoms with van der Waals surface area (Å²) in [4.78, 5) is 35.8. The third-order valence-electron chi connectivity index (χ3n) is 3.76. The zero-order valence-corrected chi connectivity index (χ0v) is 16.7. The summed E-state index contributed by atoms with van der Waals surface area (Å²) >= 11 is 0.